The highest BCUT2D eigenvalue weighted by molar-refractivity contribution is 7.18. The fourth-order valence-corrected chi connectivity index (χ4v) is 3.01. The predicted octanol–water partition coefficient (Wildman–Crippen LogP) is 2.75. The van der Waals surface area contributed by atoms with Crippen molar-refractivity contribution in [3.8, 4) is 0 Å². The van der Waals surface area contributed by atoms with Gasteiger partial charge in [-0.2, -0.15) is 0 Å². The number of aliphatic hydroxyl groups is 1. The number of halogens is 1. The molecule has 90 valence electrons. The van der Waals surface area contributed by atoms with E-state index in [0.717, 1.165) is 10.2 Å². The monoisotopic (exact) mass is 277 g/mol. The molecule has 0 amide bonds. The van der Waals surface area contributed by atoms with Gasteiger partial charge in [-0.25, -0.2) is 4.98 Å². The Balaban J connectivity index is 2.14. The van der Waals surface area contributed by atoms with E-state index in [-0.39, 0.29) is 10.8 Å². The second-order valence-electron chi connectivity index (χ2n) is 4.00. The van der Waals surface area contributed by atoms with Gasteiger partial charge in [0.2, 0.25) is 0 Å². The van der Waals surface area contributed by atoms with Crippen LogP contribution in [-0.2, 0) is 10.4 Å². The Hall–Kier alpha value is -1.49. The van der Waals surface area contributed by atoms with Crippen LogP contribution in [0.15, 0.2) is 47.5 Å². The van der Waals surface area contributed by atoms with Gasteiger partial charge in [0.1, 0.15) is 5.01 Å². The van der Waals surface area contributed by atoms with Crippen molar-refractivity contribution in [3.63, 3.8) is 0 Å². The average Bonchev–Trinajstić information content (AvgIpc) is 2.79. The zero-order chi connectivity index (χ0) is 12.8. The largest absolute Gasteiger partial charge is 0.375 e. The lowest BCUT2D eigenvalue weighted by atomic mass is 9.98. The van der Waals surface area contributed by atoms with Gasteiger partial charge in [0.05, 0.1) is 15.2 Å². The van der Waals surface area contributed by atoms with Crippen LogP contribution < -0.4 is 0 Å². The highest BCUT2D eigenvalue weighted by Crippen LogP contribution is 2.35. The van der Waals surface area contributed by atoms with Gasteiger partial charge in [0.25, 0.3) is 0 Å². The first kappa shape index (κ1) is 11.6. The van der Waals surface area contributed by atoms with Crippen LogP contribution in [0.1, 0.15) is 5.01 Å². The molecule has 2 aromatic rings. The van der Waals surface area contributed by atoms with Gasteiger partial charge in [-0.05, 0) is 30.4 Å². The summed E-state index contributed by atoms with van der Waals surface area (Å²) in [5, 5.41) is 11.0. The van der Waals surface area contributed by atoms with E-state index < -0.39 is 5.60 Å². The number of carbonyl (C=O) groups excluding carboxylic acids is 1. The zero-order valence-corrected chi connectivity index (χ0v) is 10.7. The van der Waals surface area contributed by atoms with Crippen LogP contribution in [0.3, 0.4) is 0 Å². The van der Waals surface area contributed by atoms with E-state index in [2.05, 4.69) is 4.98 Å². The Labute approximate surface area is 112 Å². The van der Waals surface area contributed by atoms with E-state index in [1.807, 2.05) is 24.3 Å². The quantitative estimate of drug-likeness (QED) is 0.872. The molecular weight excluding hydrogens is 270 g/mol. The van der Waals surface area contributed by atoms with E-state index in [4.69, 9.17) is 11.6 Å². The van der Waals surface area contributed by atoms with E-state index in [9.17, 15) is 9.90 Å². The molecule has 0 fully saturated rings. The molecule has 3 rings (SSSR count). The molecule has 1 N–H and O–H groups in total. The van der Waals surface area contributed by atoms with Crippen LogP contribution in [0.4, 0.5) is 0 Å². The molecule has 1 atom stereocenters. The summed E-state index contributed by atoms with van der Waals surface area (Å²) in [7, 11) is 0. The number of rotatable bonds is 1. The molecule has 0 spiro atoms. The summed E-state index contributed by atoms with van der Waals surface area (Å²) in [5.41, 5.74) is -0.574. The summed E-state index contributed by atoms with van der Waals surface area (Å²) in [5.74, 6) is -0.303. The van der Waals surface area contributed by atoms with Crippen molar-refractivity contribution in [2.24, 2.45) is 0 Å². The average molecular weight is 278 g/mol. The molecule has 0 bridgehead atoms. The number of thiazole rings is 1. The summed E-state index contributed by atoms with van der Waals surface area (Å²) >= 11 is 7.16. The number of hydrogen-bond donors (Lipinski definition) is 1. The Morgan fingerprint density at radius 2 is 2.11 bits per heavy atom. The fourth-order valence-electron chi connectivity index (χ4n) is 1.77. The van der Waals surface area contributed by atoms with Crippen molar-refractivity contribution in [2.75, 3.05) is 0 Å². The molecule has 5 heteroatoms. The number of nitrogens with zero attached hydrogens (tertiary/aromatic N) is 1. The van der Waals surface area contributed by atoms with Crippen molar-refractivity contribution in [2.45, 2.75) is 5.60 Å². The van der Waals surface area contributed by atoms with Crippen molar-refractivity contribution in [3.05, 3.63) is 52.5 Å². The van der Waals surface area contributed by atoms with Crippen LogP contribution in [0.2, 0.25) is 0 Å². The highest BCUT2D eigenvalue weighted by atomic mass is 35.5. The van der Waals surface area contributed by atoms with Crippen molar-refractivity contribution < 1.29 is 9.90 Å². The van der Waals surface area contributed by atoms with Crippen LogP contribution in [-0.4, -0.2) is 15.9 Å². The van der Waals surface area contributed by atoms with Gasteiger partial charge in [-0.1, -0.05) is 23.7 Å². The van der Waals surface area contributed by atoms with Crippen molar-refractivity contribution >= 4 is 38.9 Å². The molecule has 0 saturated heterocycles. The van der Waals surface area contributed by atoms with E-state index in [1.54, 1.807) is 0 Å². The molecular formula is C13H8ClNO2S. The number of para-hydroxylation sites is 1. The number of ketones is 1. The minimum absolute atomic E-state index is 0.0132. The summed E-state index contributed by atoms with van der Waals surface area (Å²) < 4.78 is 0.982. The SMILES string of the molecule is O=C1C=CC(O)(c2nc3ccccc3s2)C=C1Cl. The number of allylic oxidation sites excluding steroid dienone is 2. The van der Waals surface area contributed by atoms with E-state index in [1.165, 1.54) is 29.6 Å². The first-order valence-corrected chi connectivity index (χ1v) is 6.48. The molecule has 0 aliphatic heterocycles. The molecule has 1 aromatic carbocycles. The van der Waals surface area contributed by atoms with Crippen LogP contribution in [0, 0.1) is 0 Å². The second-order valence-corrected chi connectivity index (χ2v) is 5.44. The van der Waals surface area contributed by atoms with Gasteiger partial charge in [-0.15, -0.1) is 11.3 Å². The maximum absolute atomic E-state index is 11.3. The summed E-state index contributed by atoms with van der Waals surface area (Å²) in [4.78, 5) is 15.6. The summed E-state index contributed by atoms with van der Waals surface area (Å²) in [6, 6.07) is 7.61. The lowest BCUT2D eigenvalue weighted by Gasteiger charge is -2.20. The third-order valence-electron chi connectivity index (χ3n) is 2.71. The molecule has 1 aliphatic rings. The third-order valence-corrected chi connectivity index (χ3v) is 4.18. The fraction of sp³-hybridized carbons (Fsp3) is 0.0769. The number of carbonyl (C=O) groups is 1. The lowest BCUT2D eigenvalue weighted by molar-refractivity contribution is -0.111. The maximum atomic E-state index is 11.3. The molecule has 0 saturated carbocycles. The standard InChI is InChI=1S/C13H8ClNO2S/c14-8-7-13(17,6-5-10(8)16)12-15-9-3-1-2-4-11(9)18-12/h1-7,17H. The number of benzene rings is 1. The number of fused-ring (bicyclic) bond motifs is 1. The molecule has 1 aromatic heterocycles. The first-order chi connectivity index (χ1) is 8.58. The van der Waals surface area contributed by atoms with Gasteiger partial charge < -0.3 is 5.11 Å². The van der Waals surface area contributed by atoms with Gasteiger partial charge >= 0.3 is 0 Å². The minimum atomic E-state index is -1.39. The molecule has 1 aliphatic carbocycles. The Bertz CT molecular complexity index is 671. The molecule has 3 nitrogen and oxygen atoms in total. The topological polar surface area (TPSA) is 50.2 Å². The summed E-state index contributed by atoms with van der Waals surface area (Å²) in [6.07, 6.45) is 4.02. The second kappa shape index (κ2) is 4.02. The molecule has 0 radical (unpaired) electrons. The Kier molecular flexibility index (Phi) is 2.59. The number of hydrogen-bond acceptors (Lipinski definition) is 4. The Morgan fingerprint density at radius 1 is 1.33 bits per heavy atom. The molecule has 1 unspecified atom stereocenters. The summed E-state index contributed by atoms with van der Waals surface area (Å²) in [6.45, 7) is 0. The molecule has 18 heavy (non-hydrogen) atoms. The van der Waals surface area contributed by atoms with Gasteiger partial charge in [-0.3, -0.25) is 4.79 Å². The van der Waals surface area contributed by atoms with Crippen molar-refractivity contribution in [1.29, 1.82) is 0 Å². The first-order valence-electron chi connectivity index (χ1n) is 5.29. The smallest absolute Gasteiger partial charge is 0.196 e. The lowest BCUT2D eigenvalue weighted by Crippen LogP contribution is -2.24. The minimum Gasteiger partial charge on any atom is -0.375 e. The van der Waals surface area contributed by atoms with Crippen LogP contribution in [0.5, 0.6) is 0 Å². The normalized spacial score (nSPS) is 23.4. The maximum Gasteiger partial charge on any atom is 0.196 e. The third kappa shape index (κ3) is 1.79. The number of aromatic nitrogens is 1. The van der Waals surface area contributed by atoms with Crippen LogP contribution >= 0.6 is 22.9 Å². The zero-order valence-electron chi connectivity index (χ0n) is 9.13. The van der Waals surface area contributed by atoms with Gasteiger partial charge in [0.15, 0.2) is 11.4 Å². The highest BCUT2D eigenvalue weighted by Gasteiger charge is 2.32. The van der Waals surface area contributed by atoms with Gasteiger partial charge in [0, 0.05) is 0 Å². The van der Waals surface area contributed by atoms with E-state index in [0.29, 0.717) is 5.01 Å². The van der Waals surface area contributed by atoms with Crippen molar-refractivity contribution in [1.82, 2.24) is 4.98 Å². The Morgan fingerprint density at radius 3 is 2.83 bits per heavy atom. The molecule has 1 heterocycles. The predicted molar refractivity (Wildman–Crippen MR) is 71.6 cm³/mol. The van der Waals surface area contributed by atoms with Crippen LogP contribution in [0.25, 0.3) is 10.2 Å². The van der Waals surface area contributed by atoms with E-state index >= 15 is 0 Å².